The molecule has 0 heterocycles. The fourth-order valence-corrected chi connectivity index (χ4v) is 2.31. The van der Waals surface area contributed by atoms with E-state index in [2.05, 4.69) is 24.5 Å². The van der Waals surface area contributed by atoms with Gasteiger partial charge in [-0.25, -0.2) is 4.79 Å². The standard InChI is InChI=1S/C21H28N2O6.C3H8/c1-4-28-20(26)13-11-17(21(27)29-5-2)23-19(25)14-22-18(24)12-10-16-8-6-15(3)7-9-16;1-3-2/h6-10,12,17H,4-5,11,13-14H2,1-3H3,(H,22,24)(H,23,25);3H2,1-2H3/b12-10+;. The van der Waals surface area contributed by atoms with E-state index in [-0.39, 0.29) is 32.6 Å². The Kier molecular flexibility index (Phi) is 15.8. The van der Waals surface area contributed by atoms with E-state index in [1.165, 1.54) is 12.5 Å². The molecule has 2 amide bonds. The second-order valence-electron chi connectivity index (χ2n) is 6.88. The molecule has 0 bridgehead atoms. The molecule has 178 valence electrons. The van der Waals surface area contributed by atoms with Crippen LogP contribution in [0.25, 0.3) is 6.08 Å². The molecule has 8 heteroatoms. The van der Waals surface area contributed by atoms with E-state index in [0.29, 0.717) is 0 Å². The van der Waals surface area contributed by atoms with Crippen molar-refractivity contribution in [1.29, 1.82) is 0 Å². The van der Waals surface area contributed by atoms with Gasteiger partial charge in [-0.2, -0.15) is 0 Å². The molecule has 1 rings (SSSR count). The fraction of sp³-hybridized carbons (Fsp3) is 0.500. The minimum Gasteiger partial charge on any atom is -0.466 e. The first-order valence-corrected chi connectivity index (χ1v) is 10.9. The quantitative estimate of drug-likeness (QED) is 0.398. The highest BCUT2D eigenvalue weighted by atomic mass is 16.5. The predicted molar refractivity (Wildman–Crippen MR) is 124 cm³/mol. The summed E-state index contributed by atoms with van der Waals surface area (Å²) in [5.74, 6) is -2.12. The Hall–Kier alpha value is -3.16. The van der Waals surface area contributed by atoms with Gasteiger partial charge in [-0.3, -0.25) is 14.4 Å². The van der Waals surface area contributed by atoms with Crippen LogP contribution in [0.15, 0.2) is 30.3 Å². The van der Waals surface area contributed by atoms with E-state index in [9.17, 15) is 19.2 Å². The first-order chi connectivity index (χ1) is 15.3. The molecule has 1 aromatic rings. The molecular weight excluding hydrogens is 412 g/mol. The van der Waals surface area contributed by atoms with E-state index < -0.39 is 29.8 Å². The second-order valence-corrected chi connectivity index (χ2v) is 6.88. The summed E-state index contributed by atoms with van der Waals surface area (Å²) in [6, 6.07) is 6.61. The summed E-state index contributed by atoms with van der Waals surface area (Å²) in [4.78, 5) is 47.4. The highest BCUT2D eigenvalue weighted by Gasteiger charge is 2.23. The van der Waals surface area contributed by atoms with Crippen molar-refractivity contribution in [1.82, 2.24) is 10.6 Å². The van der Waals surface area contributed by atoms with Crippen molar-refractivity contribution < 1.29 is 28.7 Å². The second kappa shape index (κ2) is 17.5. The Labute approximate surface area is 190 Å². The van der Waals surface area contributed by atoms with Crippen LogP contribution >= 0.6 is 0 Å². The zero-order valence-electron chi connectivity index (χ0n) is 19.7. The number of ether oxygens (including phenoxy) is 2. The molecule has 0 radical (unpaired) electrons. The minimum absolute atomic E-state index is 0.0384. The number of nitrogens with one attached hydrogen (secondary N) is 2. The van der Waals surface area contributed by atoms with Crippen LogP contribution in [-0.4, -0.2) is 49.6 Å². The van der Waals surface area contributed by atoms with Crippen molar-refractivity contribution in [3.8, 4) is 0 Å². The number of hydrogen-bond donors (Lipinski definition) is 2. The molecule has 32 heavy (non-hydrogen) atoms. The molecule has 0 fully saturated rings. The van der Waals surface area contributed by atoms with Gasteiger partial charge in [-0.1, -0.05) is 50.1 Å². The van der Waals surface area contributed by atoms with Gasteiger partial charge < -0.3 is 20.1 Å². The van der Waals surface area contributed by atoms with Crippen LogP contribution in [0.2, 0.25) is 0 Å². The Morgan fingerprint density at radius 1 is 0.969 bits per heavy atom. The molecule has 0 aliphatic rings. The molecule has 0 aromatic heterocycles. The summed E-state index contributed by atoms with van der Waals surface area (Å²) in [5.41, 5.74) is 1.97. The smallest absolute Gasteiger partial charge is 0.328 e. The molecule has 0 spiro atoms. The van der Waals surface area contributed by atoms with Crippen LogP contribution in [0.3, 0.4) is 0 Å². The molecule has 0 saturated carbocycles. The van der Waals surface area contributed by atoms with Gasteiger partial charge in [0, 0.05) is 12.5 Å². The van der Waals surface area contributed by atoms with Crippen LogP contribution in [0, 0.1) is 6.92 Å². The summed E-state index contributed by atoms with van der Waals surface area (Å²) in [7, 11) is 0. The molecule has 1 unspecified atom stereocenters. The van der Waals surface area contributed by atoms with Gasteiger partial charge in [0.05, 0.1) is 19.8 Å². The average Bonchev–Trinajstić information content (AvgIpc) is 2.75. The minimum atomic E-state index is -0.994. The summed E-state index contributed by atoms with van der Waals surface area (Å²) in [5, 5.41) is 4.92. The lowest BCUT2D eigenvalue weighted by atomic mass is 10.1. The maximum Gasteiger partial charge on any atom is 0.328 e. The average molecular weight is 449 g/mol. The first kappa shape index (κ1) is 28.8. The number of aryl methyl sites for hydroxylation is 1. The van der Waals surface area contributed by atoms with Gasteiger partial charge in [-0.15, -0.1) is 0 Å². The predicted octanol–water partition coefficient (Wildman–Crippen LogP) is 2.93. The summed E-state index contributed by atoms with van der Waals surface area (Å²) >= 11 is 0. The van der Waals surface area contributed by atoms with Gasteiger partial charge in [0.25, 0.3) is 0 Å². The van der Waals surface area contributed by atoms with Crippen LogP contribution in [0.4, 0.5) is 0 Å². The molecule has 0 aliphatic heterocycles. The number of amides is 2. The fourth-order valence-electron chi connectivity index (χ4n) is 2.31. The van der Waals surface area contributed by atoms with Gasteiger partial charge >= 0.3 is 11.9 Å². The first-order valence-electron chi connectivity index (χ1n) is 10.9. The summed E-state index contributed by atoms with van der Waals surface area (Å²) in [6.07, 6.45) is 4.21. The van der Waals surface area contributed by atoms with Gasteiger partial charge in [0.1, 0.15) is 6.04 Å². The van der Waals surface area contributed by atoms with Crippen molar-refractivity contribution >= 4 is 29.8 Å². The lowest BCUT2D eigenvalue weighted by Crippen LogP contribution is -2.46. The normalized spacial score (nSPS) is 11.0. The Balaban J connectivity index is 0.00000302. The van der Waals surface area contributed by atoms with E-state index in [4.69, 9.17) is 9.47 Å². The van der Waals surface area contributed by atoms with Crippen molar-refractivity contribution in [3.05, 3.63) is 41.5 Å². The van der Waals surface area contributed by atoms with Crippen LogP contribution in [0.5, 0.6) is 0 Å². The Bertz CT molecular complexity index is 743. The highest BCUT2D eigenvalue weighted by molar-refractivity contribution is 5.95. The molecule has 0 saturated heterocycles. The lowest BCUT2D eigenvalue weighted by Gasteiger charge is -2.17. The molecule has 1 atom stereocenters. The van der Waals surface area contributed by atoms with E-state index in [1.54, 1.807) is 19.9 Å². The number of carbonyl (C=O) groups excluding carboxylic acids is 4. The monoisotopic (exact) mass is 448 g/mol. The van der Waals surface area contributed by atoms with Crippen LogP contribution in [-0.2, 0) is 28.7 Å². The lowest BCUT2D eigenvalue weighted by molar-refractivity contribution is -0.148. The van der Waals surface area contributed by atoms with Crippen LogP contribution < -0.4 is 10.6 Å². The number of benzene rings is 1. The van der Waals surface area contributed by atoms with Crippen molar-refractivity contribution in [2.75, 3.05) is 19.8 Å². The Morgan fingerprint density at radius 2 is 1.56 bits per heavy atom. The molecule has 2 N–H and O–H groups in total. The zero-order valence-corrected chi connectivity index (χ0v) is 19.7. The molecule has 1 aromatic carbocycles. The molecule has 8 nitrogen and oxygen atoms in total. The third kappa shape index (κ3) is 14.0. The third-order valence-corrected chi connectivity index (χ3v) is 3.78. The number of esters is 2. The van der Waals surface area contributed by atoms with Crippen molar-refractivity contribution in [2.45, 2.75) is 59.9 Å². The summed E-state index contributed by atoms with van der Waals surface area (Å²) in [6.45, 7) is 9.60. The van der Waals surface area contributed by atoms with Gasteiger partial charge in [0.15, 0.2) is 0 Å². The van der Waals surface area contributed by atoms with Crippen molar-refractivity contribution in [2.24, 2.45) is 0 Å². The van der Waals surface area contributed by atoms with E-state index in [1.807, 2.05) is 31.2 Å². The SMILES string of the molecule is CCC.CCOC(=O)CCC(NC(=O)CNC(=O)/C=C/c1ccc(C)cc1)C(=O)OCC. The Morgan fingerprint density at radius 3 is 2.12 bits per heavy atom. The number of carbonyl (C=O) groups is 4. The maximum absolute atomic E-state index is 12.1. The molecule has 0 aliphatic carbocycles. The maximum atomic E-state index is 12.1. The number of hydrogen-bond acceptors (Lipinski definition) is 6. The van der Waals surface area contributed by atoms with Gasteiger partial charge in [0.2, 0.25) is 11.8 Å². The largest absolute Gasteiger partial charge is 0.466 e. The summed E-state index contributed by atoms with van der Waals surface area (Å²) < 4.78 is 9.73. The van der Waals surface area contributed by atoms with Gasteiger partial charge in [-0.05, 0) is 38.8 Å². The third-order valence-electron chi connectivity index (χ3n) is 3.78. The highest BCUT2D eigenvalue weighted by Crippen LogP contribution is 2.05. The van der Waals surface area contributed by atoms with Crippen molar-refractivity contribution in [3.63, 3.8) is 0 Å². The zero-order chi connectivity index (χ0) is 24.4. The number of rotatable bonds is 11. The topological polar surface area (TPSA) is 111 Å². The van der Waals surface area contributed by atoms with Crippen LogP contribution in [0.1, 0.15) is 58.1 Å². The van der Waals surface area contributed by atoms with E-state index >= 15 is 0 Å². The van der Waals surface area contributed by atoms with E-state index in [0.717, 1.165) is 11.1 Å². The molecular formula is C24H36N2O6.